The van der Waals surface area contributed by atoms with Crippen LogP contribution in [-0.2, 0) is 9.53 Å². The second kappa shape index (κ2) is 7.10. The zero-order valence-corrected chi connectivity index (χ0v) is 14.2. The molecule has 132 valence electrons. The topological polar surface area (TPSA) is 71.5 Å². The van der Waals surface area contributed by atoms with E-state index in [0.717, 1.165) is 42.1 Å². The number of hydrogen-bond donors (Lipinski definition) is 2. The third-order valence-electron chi connectivity index (χ3n) is 5.48. The Balaban J connectivity index is 1.57. The van der Waals surface area contributed by atoms with Gasteiger partial charge >= 0.3 is 0 Å². The molecule has 1 aliphatic heterocycles. The van der Waals surface area contributed by atoms with Crippen molar-refractivity contribution < 1.29 is 14.6 Å². The third kappa shape index (κ3) is 3.53. The lowest BCUT2D eigenvalue weighted by atomic mass is 9.75. The van der Waals surface area contributed by atoms with Crippen LogP contribution >= 0.6 is 0 Å². The molecule has 0 bridgehead atoms. The van der Waals surface area contributed by atoms with Gasteiger partial charge in [-0.1, -0.05) is 18.2 Å². The molecular weight excluding hydrogens is 316 g/mol. The van der Waals surface area contributed by atoms with Gasteiger partial charge in [0.05, 0.1) is 17.7 Å². The molecule has 5 nitrogen and oxygen atoms in total. The lowest BCUT2D eigenvalue weighted by molar-refractivity contribution is -0.129. The smallest absolute Gasteiger partial charge is 0.223 e. The van der Waals surface area contributed by atoms with Crippen LogP contribution in [0.3, 0.4) is 0 Å². The van der Waals surface area contributed by atoms with Crippen molar-refractivity contribution in [1.82, 2.24) is 10.3 Å². The average Bonchev–Trinajstić information content (AvgIpc) is 2.64. The Bertz CT molecular complexity index is 751. The Morgan fingerprint density at radius 3 is 2.76 bits per heavy atom. The molecule has 1 amide bonds. The standard InChI is InChI=1S/C20H24N2O3/c23-17-10-15(11-17)19(22-20(24)13-5-7-25-8-6-13)16-9-14-3-1-2-4-18(14)21-12-16/h1-4,9,12-13,15,17,19,23H,5-8,10-11H2,(H,22,24). The van der Waals surface area contributed by atoms with Crippen molar-refractivity contribution in [3.05, 3.63) is 42.1 Å². The number of aliphatic hydroxyl groups is 1. The van der Waals surface area contributed by atoms with Crippen LogP contribution in [0.5, 0.6) is 0 Å². The molecule has 1 saturated carbocycles. The number of nitrogens with zero attached hydrogens (tertiary/aromatic N) is 1. The summed E-state index contributed by atoms with van der Waals surface area (Å²) in [5.74, 6) is 0.388. The van der Waals surface area contributed by atoms with E-state index >= 15 is 0 Å². The lowest BCUT2D eigenvalue weighted by Crippen LogP contribution is -2.44. The molecule has 0 radical (unpaired) electrons. The Labute approximate surface area is 147 Å². The Kier molecular flexibility index (Phi) is 4.68. The predicted molar refractivity (Wildman–Crippen MR) is 94.9 cm³/mol. The number of carbonyl (C=O) groups is 1. The highest BCUT2D eigenvalue weighted by Gasteiger charge is 2.37. The minimum Gasteiger partial charge on any atom is -0.393 e. The number of fused-ring (bicyclic) bond motifs is 1. The number of hydrogen-bond acceptors (Lipinski definition) is 4. The molecule has 1 aromatic carbocycles. The first-order chi connectivity index (χ1) is 12.2. The summed E-state index contributed by atoms with van der Waals surface area (Å²) in [6.45, 7) is 1.31. The van der Waals surface area contributed by atoms with Crippen molar-refractivity contribution in [3.63, 3.8) is 0 Å². The molecule has 1 aromatic heterocycles. The molecule has 1 unspecified atom stereocenters. The number of nitrogens with one attached hydrogen (secondary N) is 1. The molecule has 25 heavy (non-hydrogen) atoms. The number of amides is 1. The molecule has 0 spiro atoms. The van der Waals surface area contributed by atoms with E-state index in [2.05, 4.69) is 16.4 Å². The van der Waals surface area contributed by atoms with Crippen LogP contribution in [0.25, 0.3) is 10.9 Å². The maximum atomic E-state index is 12.7. The fraction of sp³-hybridized carbons (Fsp3) is 0.500. The van der Waals surface area contributed by atoms with Gasteiger partial charge in [-0.05, 0) is 49.3 Å². The van der Waals surface area contributed by atoms with Gasteiger partial charge in [-0.25, -0.2) is 0 Å². The highest BCUT2D eigenvalue weighted by Crippen LogP contribution is 2.38. The van der Waals surface area contributed by atoms with Crippen molar-refractivity contribution in [2.75, 3.05) is 13.2 Å². The number of pyridine rings is 1. The zero-order chi connectivity index (χ0) is 17.2. The van der Waals surface area contributed by atoms with Crippen molar-refractivity contribution in [2.45, 2.75) is 37.8 Å². The number of rotatable bonds is 4. The molecule has 1 atom stereocenters. The van der Waals surface area contributed by atoms with Gasteiger partial charge in [0.25, 0.3) is 0 Å². The van der Waals surface area contributed by atoms with Gasteiger partial charge in [0.2, 0.25) is 5.91 Å². The second-order valence-electron chi connectivity index (χ2n) is 7.22. The summed E-state index contributed by atoms with van der Waals surface area (Å²) in [6, 6.07) is 10.0. The van der Waals surface area contributed by atoms with Gasteiger partial charge in [0, 0.05) is 30.7 Å². The monoisotopic (exact) mass is 340 g/mol. The molecule has 2 fully saturated rings. The first-order valence-corrected chi connectivity index (χ1v) is 9.11. The minimum atomic E-state index is -0.249. The Morgan fingerprint density at radius 1 is 1.24 bits per heavy atom. The molecule has 2 N–H and O–H groups in total. The molecule has 2 aliphatic rings. The predicted octanol–water partition coefficient (Wildman–Crippen LogP) is 2.59. The van der Waals surface area contributed by atoms with Gasteiger partial charge in [-0.3, -0.25) is 9.78 Å². The maximum absolute atomic E-state index is 12.7. The van der Waals surface area contributed by atoms with E-state index in [1.165, 1.54) is 0 Å². The first kappa shape index (κ1) is 16.5. The van der Waals surface area contributed by atoms with Crippen LogP contribution in [0.1, 0.15) is 37.3 Å². The highest BCUT2D eigenvalue weighted by atomic mass is 16.5. The van der Waals surface area contributed by atoms with E-state index in [-0.39, 0.29) is 29.9 Å². The normalized spacial score (nSPS) is 25.3. The summed E-state index contributed by atoms with van der Waals surface area (Å²) >= 11 is 0. The summed E-state index contributed by atoms with van der Waals surface area (Å²) in [4.78, 5) is 17.3. The van der Waals surface area contributed by atoms with Crippen LogP contribution in [0.2, 0.25) is 0 Å². The first-order valence-electron chi connectivity index (χ1n) is 9.11. The van der Waals surface area contributed by atoms with Crippen molar-refractivity contribution in [2.24, 2.45) is 11.8 Å². The van der Waals surface area contributed by atoms with E-state index in [4.69, 9.17) is 4.74 Å². The van der Waals surface area contributed by atoms with E-state index in [0.29, 0.717) is 13.2 Å². The molecule has 2 heterocycles. The fourth-order valence-electron chi connectivity index (χ4n) is 3.86. The second-order valence-corrected chi connectivity index (χ2v) is 7.22. The molecule has 1 aliphatic carbocycles. The van der Waals surface area contributed by atoms with Gasteiger partial charge < -0.3 is 15.2 Å². The average molecular weight is 340 g/mol. The molecule has 4 rings (SSSR count). The van der Waals surface area contributed by atoms with Crippen molar-refractivity contribution in [1.29, 1.82) is 0 Å². The van der Waals surface area contributed by atoms with E-state index in [1.807, 2.05) is 30.5 Å². The molecule has 2 aromatic rings. The molecular formula is C20H24N2O3. The third-order valence-corrected chi connectivity index (χ3v) is 5.48. The van der Waals surface area contributed by atoms with Crippen LogP contribution in [0, 0.1) is 11.8 Å². The minimum absolute atomic E-state index is 0.0228. The summed E-state index contributed by atoms with van der Waals surface area (Å²) < 4.78 is 5.36. The number of aromatic nitrogens is 1. The van der Waals surface area contributed by atoms with Crippen LogP contribution < -0.4 is 5.32 Å². The van der Waals surface area contributed by atoms with Crippen LogP contribution in [-0.4, -0.2) is 35.3 Å². The Morgan fingerprint density at radius 2 is 2.00 bits per heavy atom. The van der Waals surface area contributed by atoms with Gasteiger partial charge in [0.1, 0.15) is 0 Å². The van der Waals surface area contributed by atoms with Crippen molar-refractivity contribution in [3.8, 4) is 0 Å². The number of aliphatic hydroxyl groups excluding tert-OH is 1. The number of benzene rings is 1. The largest absolute Gasteiger partial charge is 0.393 e. The molecule has 5 heteroatoms. The summed E-state index contributed by atoms with van der Waals surface area (Å²) in [7, 11) is 0. The van der Waals surface area contributed by atoms with Gasteiger partial charge in [-0.15, -0.1) is 0 Å². The number of ether oxygens (including phenoxy) is 1. The summed E-state index contributed by atoms with van der Waals surface area (Å²) in [5, 5.41) is 14.0. The highest BCUT2D eigenvalue weighted by molar-refractivity contribution is 5.81. The van der Waals surface area contributed by atoms with E-state index in [9.17, 15) is 9.90 Å². The van der Waals surface area contributed by atoms with Crippen LogP contribution in [0.15, 0.2) is 36.5 Å². The lowest BCUT2D eigenvalue weighted by Gasteiger charge is -2.39. The quantitative estimate of drug-likeness (QED) is 0.897. The Hall–Kier alpha value is -1.98. The maximum Gasteiger partial charge on any atom is 0.223 e. The van der Waals surface area contributed by atoms with Crippen molar-refractivity contribution >= 4 is 16.8 Å². The van der Waals surface area contributed by atoms with E-state index in [1.54, 1.807) is 0 Å². The number of carbonyl (C=O) groups excluding carboxylic acids is 1. The summed E-state index contributed by atoms with van der Waals surface area (Å²) in [5.41, 5.74) is 1.98. The fourth-order valence-corrected chi connectivity index (χ4v) is 3.86. The zero-order valence-electron chi connectivity index (χ0n) is 14.2. The van der Waals surface area contributed by atoms with Gasteiger partial charge in [0.15, 0.2) is 0 Å². The molecule has 1 saturated heterocycles. The SMILES string of the molecule is O=C(NC(c1cnc2ccccc2c1)C1CC(O)C1)C1CCOCC1. The number of para-hydroxylation sites is 1. The van der Waals surface area contributed by atoms with E-state index < -0.39 is 0 Å². The summed E-state index contributed by atoms with van der Waals surface area (Å²) in [6.07, 6.45) is 4.63. The van der Waals surface area contributed by atoms with Gasteiger partial charge in [-0.2, -0.15) is 0 Å². The van der Waals surface area contributed by atoms with Crippen LogP contribution in [0.4, 0.5) is 0 Å².